The second-order valence-corrected chi connectivity index (χ2v) is 10.1. The van der Waals surface area contributed by atoms with E-state index in [0.717, 1.165) is 69.4 Å². The van der Waals surface area contributed by atoms with Crippen LogP contribution in [0.1, 0.15) is 12.8 Å². The van der Waals surface area contributed by atoms with Gasteiger partial charge in [-0.3, -0.25) is 0 Å². The van der Waals surface area contributed by atoms with Gasteiger partial charge in [0.1, 0.15) is 23.0 Å². The lowest BCUT2D eigenvalue weighted by atomic mass is 10.1. The lowest BCUT2D eigenvalue weighted by Crippen LogP contribution is -2.02. The fraction of sp³-hybridized carbons (Fsp3) is 0.111. The summed E-state index contributed by atoms with van der Waals surface area (Å²) in [6, 6.07) is 38.7. The average molecular weight is 557 g/mol. The van der Waals surface area contributed by atoms with Gasteiger partial charge in [-0.2, -0.15) is 0 Å². The van der Waals surface area contributed by atoms with Crippen molar-refractivity contribution in [2.24, 2.45) is 0 Å². The number of aromatic amines is 2. The van der Waals surface area contributed by atoms with E-state index in [2.05, 4.69) is 46.4 Å². The normalized spacial score (nSPS) is 11.0. The summed E-state index contributed by atoms with van der Waals surface area (Å²) in [5.41, 5.74) is 8.29. The Bertz CT molecular complexity index is 1580. The maximum absolute atomic E-state index is 9.50. The van der Waals surface area contributed by atoms with Crippen LogP contribution in [0, 0.1) is 0 Å². The Morgan fingerprint density at radius 3 is 0.976 bits per heavy atom. The van der Waals surface area contributed by atoms with E-state index in [0.29, 0.717) is 13.2 Å². The van der Waals surface area contributed by atoms with Crippen molar-refractivity contribution in [3.8, 4) is 68.0 Å². The molecular weight excluding hydrogens is 524 g/mol. The van der Waals surface area contributed by atoms with Crippen molar-refractivity contribution in [3.63, 3.8) is 0 Å². The molecule has 6 aromatic rings. The van der Waals surface area contributed by atoms with E-state index in [1.54, 1.807) is 24.3 Å². The summed E-state index contributed by atoms with van der Waals surface area (Å²) in [6.45, 7) is 1.26. The first kappa shape index (κ1) is 26.8. The Labute approximate surface area is 244 Å². The second-order valence-electron chi connectivity index (χ2n) is 10.1. The van der Waals surface area contributed by atoms with Crippen LogP contribution in [0.2, 0.25) is 0 Å². The van der Waals surface area contributed by atoms with Crippen molar-refractivity contribution in [2.75, 3.05) is 13.2 Å². The molecule has 42 heavy (non-hydrogen) atoms. The number of H-pyrrole nitrogens is 2. The van der Waals surface area contributed by atoms with Crippen molar-refractivity contribution in [3.05, 3.63) is 121 Å². The molecule has 0 unspecified atom stereocenters. The lowest BCUT2D eigenvalue weighted by Gasteiger charge is -2.09. The summed E-state index contributed by atoms with van der Waals surface area (Å²) < 4.78 is 11.9. The van der Waals surface area contributed by atoms with Crippen LogP contribution >= 0.6 is 0 Å². The van der Waals surface area contributed by atoms with Gasteiger partial charge in [0.2, 0.25) is 0 Å². The number of aromatic nitrogens is 2. The van der Waals surface area contributed by atoms with Gasteiger partial charge in [0.15, 0.2) is 0 Å². The molecule has 4 N–H and O–H groups in total. The molecule has 0 radical (unpaired) electrons. The lowest BCUT2D eigenvalue weighted by molar-refractivity contribution is 0.266. The van der Waals surface area contributed by atoms with Crippen LogP contribution in [0.5, 0.6) is 23.0 Å². The highest BCUT2D eigenvalue weighted by Gasteiger charge is 2.06. The minimum Gasteiger partial charge on any atom is -0.508 e. The zero-order valence-electron chi connectivity index (χ0n) is 23.1. The van der Waals surface area contributed by atoms with Gasteiger partial charge in [0, 0.05) is 22.8 Å². The average Bonchev–Trinajstić information content (AvgIpc) is 3.72. The van der Waals surface area contributed by atoms with Crippen LogP contribution in [0.3, 0.4) is 0 Å². The molecule has 0 saturated heterocycles. The van der Waals surface area contributed by atoms with Gasteiger partial charge in [-0.1, -0.05) is 0 Å². The summed E-state index contributed by atoms with van der Waals surface area (Å²) in [6.07, 6.45) is 1.80. The Morgan fingerprint density at radius 1 is 0.381 bits per heavy atom. The Balaban J connectivity index is 0.921. The Hall–Kier alpha value is -5.36. The van der Waals surface area contributed by atoms with Crippen molar-refractivity contribution in [1.82, 2.24) is 9.97 Å². The number of phenolic OH excluding ortho intramolecular Hbond substituents is 2. The van der Waals surface area contributed by atoms with Crippen molar-refractivity contribution < 1.29 is 19.7 Å². The van der Waals surface area contributed by atoms with Crippen LogP contribution in [-0.4, -0.2) is 33.4 Å². The number of benzene rings is 4. The van der Waals surface area contributed by atoms with Crippen molar-refractivity contribution in [1.29, 1.82) is 0 Å². The molecular formula is C36H32N2O4. The first-order chi connectivity index (χ1) is 20.6. The zero-order valence-corrected chi connectivity index (χ0v) is 23.1. The summed E-state index contributed by atoms with van der Waals surface area (Å²) >= 11 is 0. The summed E-state index contributed by atoms with van der Waals surface area (Å²) in [4.78, 5) is 6.88. The van der Waals surface area contributed by atoms with E-state index in [1.807, 2.05) is 60.7 Å². The monoisotopic (exact) mass is 556 g/mol. The van der Waals surface area contributed by atoms with Gasteiger partial charge in [-0.15, -0.1) is 0 Å². The smallest absolute Gasteiger partial charge is 0.119 e. The topological polar surface area (TPSA) is 90.5 Å². The number of phenols is 2. The van der Waals surface area contributed by atoms with Gasteiger partial charge < -0.3 is 29.7 Å². The molecule has 0 saturated carbocycles. The minimum absolute atomic E-state index is 0.259. The quantitative estimate of drug-likeness (QED) is 0.120. The van der Waals surface area contributed by atoms with Crippen LogP contribution in [0.25, 0.3) is 45.0 Å². The maximum Gasteiger partial charge on any atom is 0.119 e. The number of ether oxygens (including phenoxy) is 2. The number of nitrogens with one attached hydrogen (secondary N) is 2. The highest BCUT2D eigenvalue weighted by atomic mass is 16.5. The van der Waals surface area contributed by atoms with E-state index >= 15 is 0 Å². The molecule has 0 aliphatic carbocycles. The van der Waals surface area contributed by atoms with Crippen LogP contribution in [0.4, 0.5) is 0 Å². The summed E-state index contributed by atoms with van der Waals surface area (Å²) in [7, 11) is 0. The number of rotatable bonds is 11. The van der Waals surface area contributed by atoms with E-state index < -0.39 is 0 Å². The molecule has 0 atom stereocenters. The van der Waals surface area contributed by atoms with Gasteiger partial charge in [-0.05, 0) is 156 Å². The molecule has 0 spiro atoms. The molecule has 0 amide bonds. The third-order valence-corrected chi connectivity index (χ3v) is 7.14. The fourth-order valence-electron chi connectivity index (χ4n) is 4.79. The predicted molar refractivity (Wildman–Crippen MR) is 167 cm³/mol. The van der Waals surface area contributed by atoms with Crippen molar-refractivity contribution >= 4 is 0 Å². The highest BCUT2D eigenvalue weighted by molar-refractivity contribution is 5.70. The molecule has 210 valence electrons. The van der Waals surface area contributed by atoms with Gasteiger partial charge in [0.05, 0.1) is 13.2 Å². The van der Waals surface area contributed by atoms with E-state index in [1.165, 1.54) is 0 Å². The first-order valence-electron chi connectivity index (χ1n) is 14.0. The predicted octanol–water partition coefficient (Wildman–Crippen LogP) is 8.66. The molecule has 6 nitrogen and oxygen atoms in total. The number of unbranched alkanes of at least 4 members (excludes halogenated alkanes) is 1. The molecule has 0 aliphatic heterocycles. The minimum atomic E-state index is 0.259. The molecule has 0 bridgehead atoms. The van der Waals surface area contributed by atoms with Crippen LogP contribution < -0.4 is 9.47 Å². The largest absolute Gasteiger partial charge is 0.508 e. The maximum atomic E-state index is 9.50. The number of hydrogen-bond donors (Lipinski definition) is 4. The van der Waals surface area contributed by atoms with Gasteiger partial charge in [-0.25, -0.2) is 0 Å². The van der Waals surface area contributed by atoms with Crippen LogP contribution in [-0.2, 0) is 0 Å². The van der Waals surface area contributed by atoms with E-state index in [-0.39, 0.29) is 11.5 Å². The Morgan fingerprint density at radius 2 is 0.667 bits per heavy atom. The standard InChI is InChI=1S/C36H32N2O4/c39-29-11-3-25(4-12-29)33-19-21-35(37-33)27-7-15-31(16-8-27)41-23-1-2-24-42-32-17-9-28(10-18-32)36-22-20-34(38-36)26-5-13-30(40)14-6-26/h3-22,37-40H,1-2,23-24H2. The summed E-state index contributed by atoms with van der Waals surface area (Å²) in [5.74, 6) is 2.21. The molecule has 2 heterocycles. The van der Waals surface area contributed by atoms with Crippen LogP contribution in [0.15, 0.2) is 121 Å². The zero-order chi connectivity index (χ0) is 28.7. The fourth-order valence-corrected chi connectivity index (χ4v) is 4.79. The second kappa shape index (κ2) is 12.4. The van der Waals surface area contributed by atoms with E-state index in [4.69, 9.17) is 9.47 Å². The van der Waals surface area contributed by atoms with Crippen molar-refractivity contribution in [2.45, 2.75) is 12.8 Å². The van der Waals surface area contributed by atoms with Gasteiger partial charge >= 0.3 is 0 Å². The van der Waals surface area contributed by atoms with Gasteiger partial charge in [0.25, 0.3) is 0 Å². The highest BCUT2D eigenvalue weighted by Crippen LogP contribution is 2.28. The Kier molecular flexibility index (Phi) is 7.95. The molecule has 6 heteroatoms. The summed E-state index contributed by atoms with van der Waals surface area (Å²) in [5, 5.41) is 19.0. The first-order valence-corrected chi connectivity index (χ1v) is 14.0. The molecule has 0 fully saturated rings. The molecule has 0 aliphatic rings. The molecule has 2 aromatic heterocycles. The molecule has 6 rings (SSSR count). The van der Waals surface area contributed by atoms with E-state index in [9.17, 15) is 10.2 Å². The SMILES string of the molecule is Oc1ccc(-c2ccc(-c3ccc(OCCCCOc4ccc(-c5ccc(-c6ccc(O)cc6)[nH]5)cc4)cc3)[nH]2)cc1. The third-order valence-electron chi connectivity index (χ3n) is 7.14. The third kappa shape index (κ3) is 6.50. The molecule has 4 aromatic carbocycles. The number of aromatic hydroxyl groups is 2. The number of hydrogen-bond acceptors (Lipinski definition) is 4.